The van der Waals surface area contributed by atoms with E-state index in [0.717, 1.165) is 19.7 Å². The topological polar surface area (TPSA) is 32.7 Å². The third-order valence-electron chi connectivity index (χ3n) is 3.85. The van der Waals surface area contributed by atoms with Gasteiger partial charge in [0, 0.05) is 19.7 Å². The lowest BCUT2D eigenvalue weighted by Crippen LogP contribution is -2.38. The molecule has 3 nitrogen and oxygen atoms in total. The van der Waals surface area contributed by atoms with Crippen LogP contribution in [-0.4, -0.2) is 36.8 Å². The van der Waals surface area contributed by atoms with Crippen molar-refractivity contribution < 1.29 is 9.84 Å². The van der Waals surface area contributed by atoms with Gasteiger partial charge < -0.3 is 9.84 Å². The number of rotatable bonds is 4. The molecule has 1 saturated heterocycles. The predicted octanol–water partition coefficient (Wildman–Crippen LogP) is 2.81. The Morgan fingerprint density at radius 1 is 1.50 bits per heavy atom. The monoisotopic (exact) mass is 249 g/mol. The summed E-state index contributed by atoms with van der Waals surface area (Å²) in [5, 5.41) is 9.56. The van der Waals surface area contributed by atoms with Crippen LogP contribution in [0.4, 0.5) is 0 Å². The van der Waals surface area contributed by atoms with Crippen molar-refractivity contribution in [2.45, 2.75) is 25.8 Å². The maximum Gasteiger partial charge on any atom is 0.115 e. The maximum atomic E-state index is 9.56. The molecule has 0 aromatic heterocycles. The summed E-state index contributed by atoms with van der Waals surface area (Å²) in [6.07, 6.45) is 2.49. The molecular formula is C15H23NO2. The average molecular weight is 249 g/mol. The Labute approximate surface area is 109 Å². The molecule has 0 spiro atoms. The molecule has 1 aromatic carbocycles. The molecular weight excluding hydrogens is 226 g/mol. The molecule has 100 valence electrons. The van der Waals surface area contributed by atoms with E-state index >= 15 is 0 Å². The van der Waals surface area contributed by atoms with Gasteiger partial charge in [-0.3, -0.25) is 4.90 Å². The number of aromatic hydroxyl groups is 1. The zero-order valence-electron chi connectivity index (χ0n) is 11.3. The Hall–Kier alpha value is -1.06. The van der Waals surface area contributed by atoms with Gasteiger partial charge in [0.15, 0.2) is 0 Å². The highest BCUT2D eigenvalue weighted by Crippen LogP contribution is 2.28. The molecule has 1 fully saturated rings. The molecule has 0 bridgehead atoms. The van der Waals surface area contributed by atoms with E-state index in [2.05, 4.69) is 17.9 Å². The van der Waals surface area contributed by atoms with E-state index in [9.17, 15) is 5.11 Å². The number of benzene rings is 1. The van der Waals surface area contributed by atoms with Gasteiger partial charge in [0.05, 0.1) is 6.61 Å². The third kappa shape index (κ3) is 3.24. The molecule has 2 rings (SSSR count). The zero-order valence-corrected chi connectivity index (χ0v) is 11.3. The summed E-state index contributed by atoms with van der Waals surface area (Å²) in [5.41, 5.74) is 1.19. The average Bonchev–Trinajstić information content (AvgIpc) is 2.39. The van der Waals surface area contributed by atoms with E-state index in [1.54, 1.807) is 13.2 Å². The number of nitrogens with zero attached hydrogens (tertiary/aromatic N) is 1. The quantitative estimate of drug-likeness (QED) is 0.890. The van der Waals surface area contributed by atoms with Gasteiger partial charge in [0.25, 0.3) is 0 Å². The molecule has 1 aliphatic heterocycles. The fraction of sp³-hybridized carbons (Fsp3) is 0.600. The molecule has 0 radical (unpaired) electrons. The number of methoxy groups -OCH3 is 1. The van der Waals surface area contributed by atoms with E-state index in [-0.39, 0.29) is 0 Å². The van der Waals surface area contributed by atoms with Crippen molar-refractivity contribution in [1.29, 1.82) is 0 Å². The number of hydrogen-bond donors (Lipinski definition) is 1. The fourth-order valence-electron chi connectivity index (χ4n) is 2.82. The number of piperidine rings is 1. The summed E-state index contributed by atoms with van der Waals surface area (Å²) < 4.78 is 5.27. The first-order valence-electron chi connectivity index (χ1n) is 6.72. The SMILES string of the molecule is COCC1CCCN(C(C)c2cccc(O)c2)C1. The Morgan fingerprint density at radius 3 is 3.06 bits per heavy atom. The van der Waals surface area contributed by atoms with Crippen LogP contribution in [0.25, 0.3) is 0 Å². The lowest BCUT2D eigenvalue weighted by Gasteiger charge is -2.36. The number of hydrogen-bond acceptors (Lipinski definition) is 3. The van der Waals surface area contributed by atoms with Crippen molar-refractivity contribution in [2.75, 3.05) is 26.8 Å². The van der Waals surface area contributed by atoms with E-state index < -0.39 is 0 Å². The van der Waals surface area contributed by atoms with Gasteiger partial charge in [-0.05, 0) is 49.9 Å². The van der Waals surface area contributed by atoms with Crippen LogP contribution in [0.3, 0.4) is 0 Å². The summed E-state index contributed by atoms with van der Waals surface area (Å²) in [5.74, 6) is 0.994. The normalized spacial score (nSPS) is 22.9. The van der Waals surface area contributed by atoms with E-state index in [1.807, 2.05) is 12.1 Å². The van der Waals surface area contributed by atoms with Crippen molar-refractivity contribution >= 4 is 0 Å². The van der Waals surface area contributed by atoms with Crippen molar-refractivity contribution in [3.8, 4) is 5.75 Å². The van der Waals surface area contributed by atoms with E-state index in [0.29, 0.717) is 17.7 Å². The summed E-state index contributed by atoms with van der Waals surface area (Å²) >= 11 is 0. The molecule has 3 heteroatoms. The molecule has 1 aliphatic rings. The number of phenolic OH excluding ortho intramolecular Hbond substituents is 1. The highest BCUT2D eigenvalue weighted by molar-refractivity contribution is 5.29. The van der Waals surface area contributed by atoms with Crippen LogP contribution >= 0.6 is 0 Å². The zero-order chi connectivity index (χ0) is 13.0. The summed E-state index contributed by atoms with van der Waals surface area (Å²) in [7, 11) is 1.78. The lowest BCUT2D eigenvalue weighted by molar-refractivity contribution is 0.0721. The minimum atomic E-state index is 0.352. The first kappa shape index (κ1) is 13.4. The van der Waals surface area contributed by atoms with Crippen LogP contribution in [0, 0.1) is 5.92 Å². The molecule has 2 atom stereocenters. The maximum absolute atomic E-state index is 9.56. The lowest BCUT2D eigenvalue weighted by atomic mass is 9.96. The third-order valence-corrected chi connectivity index (χ3v) is 3.85. The fourth-order valence-corrected chi connectivity index (χ4v) is 2.82. The minimum absolute atomic E-state index is 0.352. The second-order valence-corrected chi connectivity index (χ2v) is 5.23. The van der Waals surface area contributed by atoms with Gasteiger partial charge in [0.2, 0.25) is 0 Å². The Kier molecular flexibility index (Phi) is 4.61. The summed E-state index contributed by atoms with van der Waals surface area (Å²) in [6, 6.07) is 7.95. The van der Waals surface area contributed by atoms with Gasteiger partial charge in [-0.2, -0.15) is 0 Å². The molecule has 0 amide bonds. The van der Waals surface area contributed by atoms with Gasteiger partial charge in [0.1, 0.15) is 5.75 Å². The first-order chi connectivity index (χ1) is 8.70. The van der Waals surface area contributed by atoms with Crippen molar-refractivity contribution in [3.05, 3.63) is 29.8 Å². The van der Waals surface area contributed by atoms with E-state index in [1.165, 1.54) is 18.4 Å². The van der Waals surface area contributed by atoms with Crippen LogP contribution in [0.1, 0.15) is 31.4 Å². The molecule has 18 heavy (non-hydrogen) atoms. The highest BCUT2D eigenvalue weighted by atomic mass is 16.5. The van der Waals surface area contributed by atoms with Crippen LogP contribution in [0.5, 0.6) is 5.75 Å². The smallest absolute Gasteiger partial charge is 0.115 e. The van der Waals surface area contributed by atoms with Crippen molar-refractivity contribution in [1.82, 2.24) is 4.90 Å². The van der Waals surface area contributed by atoms with Crippen molar-refractivity contribution in [2.24, 2.45) is 5.92 Å². The van der Waals surface area contributed by atoms with Gasteiger partial charge in [-0.15, -0.1) is 0 Å². The van der Waals surface area contributed by atoms with Crippen LogP contribution in [0.2, 0.25) is 0 Å². The second kappa shape index (κ2) is 6.21. The van der Waals surface area contributed by atoms with Crippen LogP contribution < -0.4 is 0 Å². The Bertz CT molecular complexity index is 379. The molecule has 1 N–H and O–H groups in total. The second-order valence-electron chi connectivity index (χ2n) is 5.23. The molecule has 2 unspecified atom stereocenters. The molecule has 1 heterocycles. The molecule has 0 saturated carbocycles. The summed E-state index contributed by atoms with van der Waals surface area (Å²) in [6.45, 7) is 5.29. The van der Waals surface area contributed by atoms with Crippen LogP contribution in [-0.2, 0) is 4.74 Å². The molecule has 0 aliphatic carbocycles. The van der Waals surface area contributed by atoms with Crippen molar-refractivity contribution in [3.63, 3.8) is 0 Å². The molecule has 1 aromatic rings. The van der Waals surface area contributed by atoms with Crippen LogP contribution in [0.15, 0.2) is 24.3 Å². The van der Waals surface area contributed by atoms with Gasteiger partial charge >= 0.3 is 0 Å². The number of phenols is 1. The first-order valence-corrected chi connectivity index (χ1v) is 6.72. The van der Waals surface area contributed by atoms with Gasteiger partial charge in [-0.1, -0.05) is 12.1 Å². The summed E-state index contributed by atoms with van der Waals surface area (Å²) in [4.78, 5) is 2.49. The van der Waals surface area contributed by atoms with E-state index in [4.69, 9.17) is 4.74 Å². The Balaban J connectivity index is 2.02. The highest BCUT2D eigenvalue weighted by Gasteiger charge is 2.24. The largest absolute Gasteiger partial charge is 0.508 e. The number of ether oxygens (including phenoxy) is 1. The Morgan fingerprint density at radius 2 is 2.33 bits per heavy atom. The van der Waals surface area contributed by atoms with Gasteiger partial charge in [-0.25, -0.2) is 0 Å². The standard InChI is InChI=1S/C15H23NO2/c1-12(14-6-3-7-15(17)9-14)16-8-4-5-13(10-16)11-18-2/h3,6-7,9,12-13,17H,4-5,8,10-11H2,1-2H3. The number of likely N-dealkylation sites (tertiary alicyclic amines) is 1. The minimum Gasteiger partial charge on any atom is -0.508 e. The predicted molar refractivity (Wildman–Crippen MR) is 72.7 cm³/mol.